The van der Waals surface area contributed by atoms with Gasteiger partial charge in [0.15, 0.2) is 0 Å². The second-order valence-corrected chi connectivity index (χ2v) is 7.45. The van der Waals surface area contributed by atoms with E-state index in [9.17, 15) is 0 Å². The van der Waals surface area contributed by atoms with Crippen molar-refractivity contribution in [1.29, 1.82) is 0 Å². The molecule has 0 nitrogen and oxygen atoms in total. The van der Waals surface area contributed by atoms with Crippen LogP contribution in [0, 0.1) is 29.1 Å². The first-order valence-corrected chi connectivity index (χ1v) is 7.87. The van der Waals surface area contributed by atoms with Gasteiger partial charge in [0.05, 0.1) is 0 Å². The zero-order valence-corrected chi connectivity index (χ0v) is 10.6. The maximum atomic E-state index is 1.63. The molecule has 0 aromatic carbocycles. The fourth-order valence-corrected chi connectivity index (χ4v) is 6.33. The molecule has 5 saturated carbocycles. The second-order valence-electron chi connectivity index (χ2n) is 7.45. The van der Waals surface area contributed by atoms with Crippen LogP contribution in [0.15, 0.2) is 0 Å². The van der Waals surface area contributed by atoms with Gasteiger partial charge in [-0.25, -0.2) is 0 Å². The molecule has 0 N–H and O–H groups in total. The summed E-state index contributed by atoms with van der Waals surface area (Å²) in [7, 11) is 0. The Kier molecular flexibility index (Phi) is 2.18. The summed E-state index contributed by atoms with van der Waals surface area (Å²) in [4.78, 5) is 0. The van der Waals surface area contributed by atoms with Crippen molar-refractivity contribution in [3.8, 4) is 0 Å². The van der Waals surface area contributed by atoms with E-state index in [1.54, 1.807) is 57.8 Å². The van der Waals surface area contributed by atoms with Crippen molar-refractivity contribution in [2.45, 2.75) is 70.6 Å². The third-order valence-electron chi connectivity index (χ3n) is 6.80. The Bertz CT molecular complexity index is 240. The quantitative estimate of drug-likeness (QED) is 0.549. The summed E-state index contributed by atoms with van der Waals surface area (Å²) in [6.45, 7) is 0. The van der Waals surface area contributed by atoms with Crippen molar-refractivity contribution >= 4 is 0 Å². The lowest BCUT2D eigenvalue weighted by Crippen LogP contribution is -2.52. The van der Waals surface area contributed by atoms with E-state index < -0.39 is 0 Å². The minimum atomic E-state index is 0.865. The average Bonchev–Trinajstić information content (AvgIpc) is 2.51. The molecular formula is C16H26. The Labute approximate surface area is 100 Å². The molecule has 0 amide bonds. The third kappa shape index (κ3) is 1.28. The molecule has 16 heavy (non-hydrogen) atoms. The summed E-state index contributed by atoms with van der Waals surface area (Å²) >= 11 is 0. The fourth-order valence-electron chi connectivity index (χ4n) is 6.33. The molecule has 0 radical (unpaired) electrons. The van der Waals surface area contributed by atoms with E-state index in [-0.39, 0.29) is 0 Å². The Morgan fingerprint density at radius 2 is 1.06 bits per heavy atom. The van der Waals surface area contributed by atoms with Gasteiger partial charge in [0.25, 0.3) is 0 Å². The zero-order valence-electron chi connectivity index (χ0n) is 10.6. The molecule has 0 atom stereocenters. The molecule has 0 unspecified atom stereocenters. The van der Waals surface area contributed by atoms with Gasteiger partial charge in [0.2, 0.25) is 0 Å². The molecule has 0 aromatic rings. The number of hydrogen-bond donors (Lipinski definition) is 0. The summed E-state index contributed by atoms with van der Waals surface area (Å²) in [5, 5.41) is 0. The monoisotopic (exact) mass is 218 g/mol. The Hall–Kier alpha value is 0. The van der Waals surface area contributed by atoms with Crippen LogP contribution in [0.25, 0.3) is 0 Å². The third-order valence-corrected chi connectivity index (χ3v) is 6.80. The van der Waals surface area contributed by atoms with Crippen LogP contribution >= 0.6 is 0 Å². The molecule has 5 aliphatic rings. The first-order chi connectivity index (χ1) is 7.87. The maximum absolute atomic E-state index is 1.63. The lowest BCUT2D eigenvalue weighted by Gasteiger charge is -2.62. The highest BCUT2D eigenvalue weighted by Gasteiger charge is 2.56. The second kappa shape index (κ2) is 3.50. The van der Waals surface area contributed by atoms with Crippen LogP contribution < -0.4 is 0 Å². The molecular weight excluding hydrogens is 192 g/mol. The van der Waals surface area contributed by atoms with Crippen molar-refractivity contribution in [2.75, 3.05) is 0 Å². The fraction of sp³-hybridized carbons (Fsp3) is 1.00. The van der Waals surface area contributed by atoms with E-state index in [1.165, 1.54) is 24.7 Å². The molecule has 4 bridgehead atoms. The smallest absolute Gasteiger partial charge is 0.0240 e. The van der Waals surface area contributed by atoms with Crippen LogP contribution in [0.3, 0.4) is 0 Å². The molecule has 5 fully saturated rings. The first-order valence-electron chi connectivity index (χ1n) is 7.87. The van der Waals surface area contributed by atoms with Crippen LogP contribution in [-0.4, -0.2) is 0 Å². The highest BCUT2D eigenvalue weighted by Crippen LogP contribution is 2.65. The summed E-state index contributed by atoms with van der Waals surface area (Å²) in [6.07, 6.45) is 17.6. The van der Waals surface area contributed by atoms with Gasteiger partial charge in [0.1, 0.15) is 0 Å². The van der Waals surface area contributed by atoms with Gasteiger partial charge in [-0.1, -0.05) is 25.7 Å². The number of rotatable bonds is 0. The van der Waals surface area contributed by atoms with Gasteiger partial charge in [0, 0.05) is 0 Å². The summed E-state index contributed by atoms with van der Waals surface area (Å²) < 4.78 is 0. The van der Waals surface area contributed by atoms with E-state index in [0.717, 1.165) is 17.3 Å². The maximum Gasteiger partial charge on any atom is -0.0240 e. The van der Waals surface area contributed by atoms with E-state index in [0.29, 0.717) is 0 Å². The Morgan fingerprint density at radius 1 is 0.562 bits per heavy atom. The number of hydrogen-bond acceptors (Lipinski definition) is 0. The molecule has 1 spiro atoms. The van der Waals surface area contributed by atoms with E-state index in [4.69, 9.17) is 0 Å². The van der Waals surface area contributed by atoms with Gasteiger partial charge in [-0.15, -0.1) is 0 Å². The Morgan fingerprint density at radius 3 is 1.56 bits per heavy atom. The van der Waals surface area contributed by atoms with Gasteiger partial charge in [-0.2, -0.15) is 0 Å². The highest BCUT2D eigenvalue weighted by atomic mass is 14.6. The first kappa shape index (κ1) is 9.97. The van der Waals surface area contributed by atoms with Crippen LogP contribution in [-0.2, 0) is 0 Å². The molecule has 90 valence electrons. The van der Waals surface area contributed by atoms with Crippen LogP contribution in [0.1, 0.15) is 70.6 Å². The van der Waals surface area contributed by atoms with Crippen molar-refractivity contribution in [1.82, 2.24) is 0 Å². The molecule has 0 aliphatic heterocycles. The lowest BCUT2D eigenvalue weighted by atomic mass is 9.43. The molecule has 0 heteroatoms. The molecule has 5 aliphatic carbocycles. The molecule has 0 aromatic heterocycles. The van der Waals surface area contributed by atoms with Gasteiger partial charge in [-0.3, -0.25) is 0 Å². The normalized spacial score (nSPS) is 49.5. The summed E-state index contributed by atoms with van der Waals surface area (Å²) in [6, 6.07) is 0. The van der Waals surface area contributed by atoms with Crippen LogP contribution in [0.4, 0.5) is 0 Å². The molecule has 0 heterocycles. The van der Waals surface area contributed by atoms with E-state index >= 15 is 0 Å². The van der Waals surface area contributed by atoms with Crippen molar-refractivity contribution in [3.63, 3.8) is 0 Å². The van der Waals surface area contributed by atoms with Gasteiger partial charge >= 0.3 is 0 Å². The average molecular weight is 218 g/mol. The standard InChI is InChI=1S/C16H26/c1-2-4-6-16(5-3-1)14-8-12-7-13(10-14)11-15(16)9-12/h12-15H,1-11H2. The van der Waals surface area contributed by atoms with Gasteiger partial charge < -0.3 is 0 Å². The van der Waals surface area contributed by atoms with Crippen molar-refractivity contribution < 1.29 is 0 Å². The topological polar surface area (TPSA) is 0 Å². The SMILES string of the molecule is C1CCCC2(CC1)C1CC3CC(C1)CC2C3. The highest BCUT2D eigenvalue weighted by molar-refractivity contribution is 5.06. The zero-order chi connectivity index (χ0) is 10.6. The van der Waals surface area contributed by atoms with Crippen molar-refractivity contribution in [3.05, 3.63) is 0 Å². The molecule has 5 rings (SSSR count). The lowest BCUT2D eigenvalue weighted by molar-refractivity contribution is -0.116. The van der Waals surface area contributed by atoms with E-state index in [2.05, 4.69) is 0 Å². The minimum absolute atomic E-state index is 0.865. The molecule has 0 saturated heterocycles. The van der Waals surface area contributed by atoms with Gasteiger partial charge in [-0.05, 0) is 74.0 Å². The van der Waals surface area contributed by atoms with Crippen LogP contribution in [0.2, 0.25) is 0 Å². The Balaban J connectivity index is 1.67. The van der Waals surface area contributed by atoms with Crippen molar-refractivity contribution in [2.24, 2.45) is 29.1 Å². The predicted molar refractivity (Wildman–Crippen MR) is 67.2 cm³/mol. The predicted octanol–water partition coefficient (Wildman–Crippen LogP) is 4.78. The van der Waals surface area contributed by atoms with E-state index in [1.807, 2.05) is 0 Å². The summed E-state index contributed by atoms with van der Waals surface area (Å²) in [5.74, 6) is 4.66. The minimum Gasteiger partial charge on any atom is -0.0533 e. The largest absolute Gasteiger partial charge is 0.0533 e. The summed E-state index contributed by atoms with van der Waals surface area (Å²) in [5.41, 5.74) is 0.865. The van der Waals surface area contributed by atoms with Crippen LogP contribution in [0.5, 0.6) is 0 Å².